The molecule has 1 heterocycles. The number of nitrogens with zero attached hydrogens (tertiary/aromatic N) is 1. The van der Waals surface area contributed by atoms with Crippen molar-refractivity contribution in [2.45, 2.75) is 13.0 Å². The molecule has 104 valence electrons. The lowest BCUT2D eigenvalue weighted by atomic mass is 10.1. The number of hydrogen-bond donors (Lipinski definition) is 1. The van der Waals surface area contributed by atoms with E-state index in [0.29, 0.717) is 5.82 Å². The van der Waals surface area contributed by atoms with E-state index in [-0.39, 0.29) is 5.97 Å². The van der Waals surface area contributed by atoms with Gasteiger partial charge in [0.1, 0.15) is 5.82 Å². The number of rotatable bonds is 4. The van der Waals surface area contributed by atoms with E-state index in [2.05, 4.69) is 26.2 Å². The lowest BCUT2D eigenvalue weighted by Gasteiger charge is -2.18. The number of halogens is 1. The van der Waals surface area contributed by atoms with Crippen LogP contribution in [-0.4, -0.2) is 18.1 Å². The van der Waals surface area contributed by atoms with Gasteiger partial charge in [0.25, 0.3) is 0 Å². The number of methoxy groups -OCH3 is 1. The van der Waals surface area contributed by atoms with Gasteiger partial charge in [-0.15, -0.1) is 0 Å². The lowest BCUT2D eigenvalue weighted by molar-refractivity contribution is -0.141. The van der Waals surface area contributed by atoms with Crippen LogP contribution in [0, 0.1) is 6.92 Å². The van der Waals surface area contributed by atoms with Crippen LogP contribution in [0.1, 0.15) is 17.2 Å². The van der Waals surface area contributed by atoms with Gasteiger partial charge in [0.05, 0.1) is 11.6 Å². The molecule has 1 aromatic carbocycles. The van der Waals surface area contributed by atoms with E-state index in [4.69, 9.17) is 4.74 Å². The fourth-order valence-corrected chi connectivity index (χ4v) is 2.17. The van der Waals surface area contributed by atoms with Crippen LogP contribution in [0.5, 0.6) is 0 Å². The average molecular weight is 335 g/mol. The molecule has 20 heavy (non-hydrogen) atoms. The molecule has 1 atom stereocenters. The average Bonchev–Trinajstić information content (AvgIpc) is 2.49. The quantitative estimate of drug-likeness (QED) is 0.869. The topological polar surface area (TPSA) is 51.2 Å². The third-order valence-corrected chi connectivity index (χ3v) is 3.93. The SMILES string of the molecule is COC(=O)C(Nc1nccc(C)c1Br)c1ccccc1. The Morgan fingerprint density at radius 2 is 2.00 bits per heavy atom. The van der Waals surface area contributed by atoms with Crippen molar-refractivity contribution in [1.82, 2.24) is 4.98 Å². The first-order valence-corrected chi connectivity index (χ1v) is 6.93. The van der Waals surface area contributed by atoms with Crippen LogP contribution in [0.2, 0.25) is 0 Å². The van der Waals surface area contributed by atoms with Crippen molar-refractivity contribution in [2.75, 3.05) is 12.4 Å². The Morgan fingerprint density at radius 3 is 2.65 bits per heavy atom. The molecule has 0 radical (unpaired) electrons. The number of hydrogen-bond acceptors (Lipinski definition) is 4. The van der Waals surface area contributed by atoms with Gasteiger partial charge in [-0.25, -0.2) is 9.78 Å². The molecule has 0 amide bonds. The van der Waals surface area contributed by atoms with Crippen LogP contribution < -0.4 is 5.32 Å². The minimum Gasteiger partial charge on any atom is -0.467 e. The molecule has 2 rings (SSSR count). The van der Waals surface area contributed by atoms with Crippen molar-refractivity contribution >= 4 is 27.7 Å². The predicted molar refractivity (Wildman–Crippen MR) is 81.5 cm³/mol. The van der Waals surface area contributed by atoms with E-state index in [9.17, 15) is 4.79 Å². The molecular formula is C15H15BrN2O2. The van der Waals surface area contributed by atoms with Gasteiger partial charge in [-0.1, -0.05) is 30.3 Å². The van der Waals surface area contributed by atoms with Crippen molar-refractivity contribution in [2.24, 2.45) is 0 Å². The summed E-state index contributed by atoms with van der Waals surface area (Å²) in [5, 5.41) is 3.12. The van der Waals surface area contributed by atoms with Gasteiger partial charge in [-0.05, 0) is 40.0 Å². The minimum atomic E-state index is -0.591. The Bertz CT molecular complexity index is 602. The molecule has 5 heteroatoms. The molecule has 0 saturated carbocycles. The van der Waals surface area contributed by atoms with Crippen LogP contribution in [-0.2, 0) is 9.53 Å². The second-order valence-corrected chi connectivity index (χ2v) is 5.09. The number of esters is 1. The Hall–Kier alpha value is -1.88. The third-order valence-electron chi connectivity index (χ3n) is 2.93. The maximum Gasteiger partial charge on any atom is 0.333 e. The van der Waals surface area contributed by atoms with Crippen LogP contribution in [0.15, 0.2) is 47.1 Å². The molecule has 1 N–H and O–H groups in total. The molecule has 0 spiro atoms. The highest BCUT2D eigenvalue weighted by molar-refractivity contribution is 9.10. The summed E-state index contributed by atoms with van der Waals surface area (Å²) in [6.07, 6.45) is 1.70. The normalized spacial score (nSPS) is 11.8. The smallest absolute Gasteiger partial charge is 0.333 e. The van der Waals surface area contributed by atoms with E-state index >= 15 is 0 Å². The summed E-state index contributed by atoms with van der Waals surface area (Å²) in [4.78, 5) is 16.2. The monoisotopic (exact) mass is 334 g/mol. The predicted octanol–water partition coefficient (Wildman–Crippen LogP) is 3.48. The fourth-order valence-electron chi connectivity index (χ4n) is 1.82. The molecule has 0 fully saturated rings. The molecule has 1 unspecified atom stereocenters. The largest absolute Gasteiger partial charge is 0.467 e. The standard InChI is InChI=1S/C15H15BrN2O2/c1-10-8-9-17-14(12(10)16)18-13(15(19)20-2)11-6-4-3-5-7-11/h3-9,13H,1-2H3,(H,17,18). The van der Waals surface area contributed by atoms with Crippen molar-refractivity contribution < 1.29 is 9.53 Å². The number of aryl methyl sites for hydroxylation is 1. The van der Waals surface area contributed by atoms with Gasteiger partial charge in [-0.3, -0.25) is 0 Å². The van der Waals surface area contributed by atoms with Gasteiger partial charge < -0.3 is 10.1 Å². The molecular weight excluding hydrogens is 320 g/mol. The molecule has 0 saturated heterocycles. The first kappa shape index (κ1) is 14.5. The highest BCUT2D eigenvalue weighted by atomic mass is 79.9. The summed E-state index contributed by atoms with van der Waals surface area (Å²) in [6, 6.07) is 10.7. The lowest BCUT2D eigenvalue weighted by Crippen LogP contribution is -2.23. The van der Waals surface area contributed by atoms with E-state index in [0.717, 1.165) is 15.6 Å². The number of pyridine rings is 1. The van der Waals surface area contributed by atoms with Crippen LogP contribution in [0.3, 0.4) is 0 Å². The van der Waals surface area contributed by atoms with E-state index in [1.807, 2.05) is 43.3 Å². The van der Waals surface area contributed by atoms with Crippen molar-refractivity contribution in [3.05, 3.63) is 58.2 Å². The van der Waals surface area contributed by atoms with Crippen LogP contribution >= 0.6 is 15.9 Å². The zero-order chi connectivity index (χ0) is 14.5. The second-order valence-electron chi connectivity index (χ2n) is 4.30. The number of carbonyl (C=O) groups excluding carboxylic acids is 1. The highest BCUT2D eigenvalue weighted by Crippen LogP contribution is 2.27. The highest BCUT2D eigenvalue weighted by Gasteiger charge is 2.22. The van der Waals surface area contributed by atoms with E-state index in [1.165, 1.54) is 7.11 Å². The molecule has 0 bridgehead atoms. The number of anilines is 1. The molecule has 1 aromatic heterocycles. The number of nitrogens with one attached hydrogen (secondary N) is 1. The number of aromatic nitrogens is 1. The molecule has 0 aliphatic rings. The summed E-state index contributed by atoms with van der Waals surface area (Å²) in [5.74, 6) is 0.260. The van der Waals surface area contributed by atoms with Crippen LogP contribution in [0.25, 0.3) is 0 Å². The van der Waals surface area contributed by atoms with Crippen molar-refractivity contribution in [3.63, 3.8) is 0 Å². The zero-order valence-electron chi connectivity index (χ0n) is 11.3. The number of carbonyl (C=O) groups is 1. The third kappa shape index (κ3) is 3.17. The molecule has 0 aliphatic carbocycles. The Balaban J connectivity index is 2.34. The summed E-state index contributed by atoms with van der Waals surface area (Å²) in [6.45, 7) is 1.96. The maximum absolute atomic E-state index is 12.0. The fraction of sp³-hybridized carbons (Fsp3) is 0.200. The van der Waals surface area contributed by atoms with Gasteiger partial charge in [0.2, 0.25) is 0 Å². The Labute approximate surface area is 126 Å². The summed E-state index contributed by atoms with van der Waals surface area (Å²) in [7, 11) is 1.37. The van der Waals surface area contributed by atoms with Gasteiger partial charge in [0.15, 0.2) is 6.04 Å². The molecule has 0 aliphatic heterocycles. The first-order valence-electron chi connectivity index (χ1n) is 6.14. The Kier molecular flexibility index (Phi) is 4.74. The summed E-state index contributed by atoms with van der Waals surface area (Å²) in [5.41, 5.74) is 1.87. The summed E-state index contributed by atoms with van der Waals surface area (Å²) >= 11 is 3.48. The number of ether oxygens (including phenoxy) is 1. The maximum atomic E-state index is 12.0. The minimum absolute atomic E-state index is 0.355. The van der Waals surface area contributed by atoms with E-state index < -0.39 is 6.04 Å². The van der Waals surface area contributed by atoms with Gasteiger partial charge >= 0.3 is 5.97 Å². The van der Waals surface area contributed by atoms with Crippen molar-refractivity contribution in [1.29, 1.82) is 0 Å². The second kappa shape index (κ2) is 6.52. The summed E-state index contributed by atoms with van der Waals surface area (Å²) < 4.78 is 5.70. The molecule has 2 aromatic rings. The van der Waals surface area contributed by atoms with Gasteiger partial charge in [-0.2, -0.15) is 0 Å². The van der Waals surface area contributed by atoms with Gasteiger partial charge in [0, 0.05) is 6.20 Å². The van der Waals surface area contributed by atoms with E-state index in [1.54, 1.807) is 6.20 Å². The van der Waals surface area contributed by atoms with Crippen LogP contribution in [0.4, 0.5) is 5.82 Å². The molecule has 4 nitrogen and oxygen atoms in total. The number of benzene rings is 1. The Morgan fingerprint density at radius 1 is 1.30 bits per heavy atom. The zero-order valence-corrected chi connectivity index (χ0v) is 12.8. The first-order chi connectivity index (χ1) is 9.63. The van der Waals surface area contributed by atoms with Crippen molar-refractivity contribution in [3.8, 4) is 0 Å².